The number of carboxylic acids is 1. The molecule has 46 heavy (non-hydrogen) atoms. The Morgan fingerprint density at radius 2 is 1.20 bits per heavy atom. The van der Waals surface area contributed by atoms with Gasteiger partial charge in [-0.1, -0.05) is 11.6 Å². The Morgan fingerprint density at radius 3 is 1.61 bits per heavy atom. The first-order valence-electron chi connectivity index (χ1n) is 12.9. The summed E-state index contributed by atoms with van der Waals surface area (Å²) in [5, 5.41) is 12.6. The second-order valence-corrected chi connectivity index (χ2v) is 10.3. The molecule has 2 N–H and O–H groups in total. The van der Waals surface area contributed by atoms with Gasteiger partial charge < -0.3 is 38.8 Å². The van der Waals surface area contributed by atoms with Gasteiger partial charge in [-0.3, -0.25) is 14.4 Å². The zero-order valence-corrected chi connectivity index (χ0v) is 26.8. The average Bonchev–Trinajstić information content (AvgIpc) is 3.00. The molecule has 0 saturated carbocycles. The summed E-state index contributed by atoms with van der Waals surface area (Å²) in [4.78, 5) is 74.9. The predicted molar refractivity (Wildman–Crippen MR) is 162 cm³/mol. The summed E-state index contributed by atoms with van der Waals surface area (Å²) >= 11 is 9.31. The van der Waals surface area contributed by atoms with Crippen molar-refractivity contribution in [3.8, 4) is 23.0 Å². The molecular formula is C30H25BrClNO13. The lowest BCUT2D eigenvalue weighted by Crippen LogP contribution is -2.48. The van der Waals surface area contributed by atoms with Gasteiger partial charge in [0, 0.05) is 24.0 Å². The molecule has 3 rings (SSSR count). The van der Waals surface area contributed by atoms with Crippen molar-refractivity contribution in [2.75, 3.05) is 19.5 Å². The summed E-state index contributed by atoms with van der Waals surface area (Å²) in [5.41, 5.74) is -0.401. The van der Waals surface area contributed by atoms with Crippen LogP contribution in [0.2, 0.25) is 5.02 Å². The maximum Gasteiger partial charge on any atom is 0.349 e. The summed E-state index contributed by atoms with van der Waals surface area (Å²) in [6.45, 7) is 2.30. The molecule has 0 spiro atoms. The number of methoxy groups -OCH3 is 2. The van der Waals surface area contributed by atoms with E-state index in [2.05, 4.69) is 21.2 Å². The van der Waals surface area contributed by atoms with E-state index in [1.165, 1.54) is 50.6 Å². The lowest BCUT2D eigenvalue weighted by atomic mass is 10.1. The van der Waals surface area contributed by atoms with Crippen molar-refractivity contribution in [3.63, 3.8) is 0 Å². The number of carbonyl (C=O) groups excluding carboxylic acids is 5. The van der Waals surface area contributed by atoms with Crippen LogP contribution in [0.3, 0.4) is 0 Å². The fourth-order valence-corrected chi connectivity index (χ4v) is 4.14. The lowest BCUT2D eigenvalue weighted by molar-refractivity contribution is -0.157. The molecular weight excluding hydrogens is 698 g/mol. The smallest absolute Gasteiger partial charge is 0.349 e. The topological polar surface area (TPSA) is 190 Å². The highest BCUT2D eigenvalue weighted by Gasteiger charge is 2.41. The van der Waals surface area contributed by atoms with E-state index in [1.54, 1.807) is 0 Å². The van der Waals surface area contributed by atoms with E-state index in [1.807, 2.05) is 0 Å². The van der Waals surface area contributed by atoms with Gasteiger partial charge in [0.15, 0.2) is 23.0 Å². The molecule has 2 atom stereocenters. The maximum atomic E-state index is 13.4. The van der Waals surface area contributed by atoms with Crippen LogP contribution in [-0.2, 0) is 28.7 Å². The van der Waals surface area contributed by atoms with Crippen LogP contribution >= 0.6 is 27.5 Å². The molecule has 0 saturated heterocycles. The molecule has 0 aliphatic rings. The standard InChI is InChI=1S/C30H25BrClNO13/c1-14(34)43-21-9-5-16(11-23(21)41-3)29(39)45-25(27(36)33-18-7-8-19(31)20(32)13-18)26(28(37)38)46-30(40)17-6-10-22(44-15(2)35)24(12-17)42-4/h5-13,25-26H,1-4H3,(H,33,36)(H,37,38)/t25-,26-/m0/s1. The Labute approximate surface area is 274 Å². The fraction of sp³-hybridized carbons (Fsp3) is 0.200. The molecule has 0 unspecified atom stereocenters. The lowest BCUT2D eigenvalue weighted by Gasteiger charge is -2.24. The van der Waals surface area contributed by atoms with Crippen LogP contribution in [-0.4, -0.2) is 67.3 Å². The molecule has 14 nitrogen and oxygen atoms in total. The van der Waals surface area contributed by atoms with Crippen LogP contribution in [0, 0.1) is 0 Å². The van der Waals surface area contributed by atoms with E-state index in [0.29, 0.717) is 4.47 Å². The van der Waals surface area contributed by atoms with Crippen LogP contribution in [0.25, 0.3) is 0 Å². The second-order valence-electron chi connectivity index (χ2n) is 9.03. The highest BCUT2D eigenvalue weighted by molar-refractivity contribution is 9.10. The molecule has 0 heterocycles. The zero-order chi connectivity index (χ0) is 34.1. The van der Waals surface area contributed by atoms with Crippen molar-refractivity contribution in [1.82, 2.24) is 0 Å². The number of carbonyl (C=O) groups is 6. The molecule has 1 amide bonds. The first kappa shape index (κ1) is 35.3. The van der Waals surface area contributed by atoms with Gasteiger partial charge in [0.25, 0.3) is 5.91 Å². The van der Waals surface area contributed by atoms with Gasteiger partial charge in [0.2, 0.25) is 12.2 Å². The Morgan fingerprint density at radius 1 is 0.717 bits per heavy atom. The number of carboxylic acid groups (broad SMARTS) is 1. The van der Waals surface area contributed by atoms with Crippen molar-refractivity contribution in [2.45, 2.75) is 26.1 Å². The van der Waals surface area contributed by atoms with Gasteiger partial charge in [-0.2, -0.15) is 0 Å². The van der Waals surface area contributed by atoms with Crippen LogP contribution in [0.5, 0.6) is 23.0 Å². The number of benzene rings is 3. The predicted octanol–water partition coefficient (Wildman–Crippen LogP) is 4.44. The van der Waals surface area contributed by atoms with Gasteiger partial charge >= 0.3 is 29.8 Å². The number of anilines is 1. The van der Waals surface area contributed by atoms with E-state index >= 15 is 0 Å². The van der Waals surface area contributed by atoms with E-state index in [9.17, 15) is 33.9 Å². The highest BCUT2D eigenvalue weighted by atomic mass is 79.9. The Kier molecular flexibility index (Phi) is 12.1. The molecule has 3 aromatic carbocycles. The van der Waals surface area contributed by atoms with Gasteiger partial charge in [0.1, 0.15) is 0 Å². The fourth-order valence-electron chi connectivity index (χ4n) is 3.72. The van der Waals surface area contributed by atoms with E-state index in [-0.39, 0.29) is 44.8 Å². The minimum Gasteiger partial charge on any atom is -0.493 e. The van der Waals surface area contributed by atoms with Crippen molar-refractivity contribution in [2.24, 2.45) is 0 Å². The van der Waals surface area contributed by atoms with Crippen molar-refractivity contribution in [3.05, 3.63) is 75.2 Å². The van der Waals surface area contributed by atoms with Crippen molar-refractivity contribution >= 4 is 69.0 Å². The van der Waals surface area contributed by atoms with Crippen LogP contribution < -0.4 is 24.3 Å². The van der Waals surface area contributed by atoms with E-state index in [4.69, 9.17) is 40.0 Å². The third kappa shape index (κ3) is 9.18. The number of nitrogens with one attached hydrogen (secondary N) is 1. The molecule has 0 radical (unpaired) electrons. The molecule has 0 aliphatic carbocycles. The Bertz CT molecular complexity index is 1690. The average molecular weight is 723 g/mol. The molecule has 0 fully saturated rings. The van der Waals surface area contributed by atoms with Gasteiger partial charge in [-0.05, 0) is 70.5 Å². The van der Waals surface area contributed by atoms with Crippen LogP contribution in [0.1, 0.15) is 34.6 Å². The number of halogens is 2. The molecule has 0 aromatic heterocycles. The van der Waals surface area contributed by atoms with Gasteiger partial charge in [-0.15, -0.1) is 0 Å². The molecule has 16 heteroatoms. The Balaban J connectivity index is 1.98. The SMILES string of the molecule is COc1cc(C(=O)O[C@H](C(=O)O)[C@H](OC(=O)c2ccc(OC(C)=O)c(OC)c2)C(=O)Nc2ccc(Br)c(Cl)c2)ccc1OC(C)=O. The second kappa shape index (κ2) is 15.7. The summed E-state index contributed by atoms with van der Waals surface area (Å²) < 4.78 is 31.3. The number of amides is 1. The summed E-state index contributed by atoms with van der Waals surface area (Å²) in [5.74, 6) is -7.03. The number of ether oxygens (including phenoxy) is 6. The first-order chi connectivity index (χ1) is 21.7. The van der Waals surface area contributed by atoms with E-state index in [0.717, 1.165) is 32.0 Å². The number of aliphatic carboxylic acids is 1. The summed E-state index contributed by atoms with van der Waals surface area (Å²) in [6, 6.07) is 11.2. The normalized spacial score (nSPS) is 11.7. The molecule has 0 bridgehead atoms. The van der Waals surface area contributed by atoms with Crippen LogP contribution in [0.4, 0.5) is 5.69 Å². The highest BCUT2D eigenvalue weighted by Crippen LogP contribution is 2.31. The third-order valence-electron chi connectivity index (χ3n) is 5.74. The summed E-state index contributed by atoms with van der Waals surface area (Å²) in [7, 11) is 2.48. The number of hydrogen-bond acceptors (Lipinski definition) is 12. The zero-order valence-electron chi connectivity index (χ0n) is 24.5. The van der Waals surface area contributed by atoms with Gasteiger partial charge in [0.05, 0.1) is 30.4 Å². The molecule has 242 valence electrons. The summed E-state index contributed by atoms with van der Waals surface area (Å²) in [6.07, 6.45) is -4.65. The van der Waals surface area contributed by atoms with Crippen LogP contribution in [0.15, 0.2) is 59.1 Å². The first-order valence-corrected chi connectivity index (χ1v) is 14.0. The Hall–Kier alpha value is -5.15. The molecule has 0 aliphatic heterocycles. The van der Waals surface area contributed by atoms with E-state index < -0.39 is 48.0 Å². The monoisotopic (exact) mass is 721 g/mol. The number of rotatable bonds is 12. The minimum atomic E-state index is -2.39. The minimum absolute atomic E-state index is 0.0274. The maximum absolute atomic E-state index is 13.4. The third-order valence-corrected chi connectivity index (χ3v) is 6.97. The van der Waals surface area contributed by atoms with Crippen molar-refractivity contribution < 1.29 is 62.3 Å². The quantitative estimate of drug-likeness (QED) is 0.197. The molecule has 3 aromatic rings. The number of esters is 4. The van der Waals surface area contributed by atoms with Gasteiger partial charge in [-0.25, -0.2) is 14.4 Å². The largest absolute Gasteiger partial charge is 0.493 e. The van der Waals surface area contributed by atoms with Crippen molar-refractivity contribution in [1.29, 1.82) is 0 Å². The number of hydrogen-bond donors (Lipinski definition) is 2.